The van der Waals surface area contributed by atoms with Gasteiger partial charge in [0.25, 0.3) is 0 Å². The summed E-state index contributed by atoms with van der Waals surface area (Å²) in [6.07, 6.45) is 3.66. The summed E-state index contributed by atoms with van der Waals surface area (Å²) in [5.74, 6) is -0.394. The maximum absolute atomic E-state index is 13.2. The molecule has 0 spiro atoms. The van der Waals surface area contributed by atoms with E-state index in [1.807, 2.05) is 11.0 Å². The van der Waals surface area contributed by atoms with Crippen LogP contribution in [0.25, 0.3) is 0 Å². The molecule has 28 heavy (non-hydrogen) atoms. The highest BCUT2D eigenvalue weighted by Crippen LogP contribution is 2.41. The third-order valence-electron chi connectivity index (χ3n) is 5.83. The minimum absolute atomic E-state index is 0.0950. The number of carbonyl (C=O) groups excluding carboxylic acids is 2. The molecule has 2 fully saturated rings. The number of halogens is 1. The minimum atomic E-state index is -0.389. The van der Waals surface area contributed by atoms with Crippen molar-refractivity contribution in [1.82, 2.24) is 4.90 Å². The van der Waals surface area contributed by atoms with E-state index in [0.29, 0.717) is 18.0 Å². The van der Waals surface area contributed by atoms with Crippen LogP contribution in [0.15, 0.2) is 54.6 Å². The number of likely N-dealkylation sites (tertiary alicyclic amines) is 1. The van der Waals surface area contributed by atoms with Crippen molar-refractivity contribution in [2.45, 2.75) is 25.7 Å². The lowest BCUT2D eigenvalue weighted by molar-refractivity contribution is -0.135. The van der Waals surface area contributed by atoms with Crippen LogP contribution in [0.4, 0.5) is 10.1 Å². The SMILES string of the molecule is O=C(Nc1cccc(F)c1)C1CC1C(=O)N1CCC(Cc2ccccc2)CC1. The van der Waals surface area contributed by atoms with Gasteiger partial charge in [0.15, 0.2) is 0 Å². The lowest BCUT2D eigenvalue weighted by atomic mass is 9.90. The molecule has 1 N–H and O–H groups in total. The van der Waals surface area contributed by atoms with E-state index in [1.165, 1.54) is 17.7 Å². The highest BCUT2D eigenvalue weighted by Gasteiger charge is 2.49. The van der Waals surface area contributed by atoms with E-state index < -0.39 is 0 Å². The summed E-state index contributed by atoms with van der Waals surface area (Å²) < 4.78 is 13.2. The van der Waals surface area contributed by atoms with Crippen molar-refractivity contribution in [2.24, 2.45) is 17.8 Å². The molecule has 2 unspecified atom stereocenters. The van der Waals surface area contributed by atoms with Crippen LogP contribution in [0, 0.1) is 23.6 Å². The van der Waals surface area contributed by atoms with Crippen molar-refractivity contribution in [3.63, 3.8) is 0 Å². The number of hydrogen-bond acceptors (Lipinski definition) is 2. The average molecular weight is 380 g/mol. The summed E-state index contributed by atoms with van der Waals surface area (Å²) in [5.41, 5.74) is 1.79. The zero-order valence-corrected chi connectivity index (χ0v) is 15.8. The molecule has 2 aromatic carbocycles. The first-order valence-electron chi connectivity index (χ1n) is 9.99. The summed E-state index contributed by atoms with van der Waals surface area (Å²) >= 11 is 0. The zero-order chi connectivity index (χ0) is 19.5. The van der Waals surface area contributed by atoms with Crippen molar-refractivity contribution in [3.8, 4) is 0 Å². The molecule has 4 nitrogen and oxygen atoms in total. The Morgan fingerprint density at radius 3 is 2.46 bits per heavy atom. The highest BCUT2D eigenvalue weighted by molar-refractivity contribution is 5.99. The lowest BCUT2D eigenvalue weighted by Crippen LogP contribution is -2.40. The second-order valence-electron chi connectivity index (χ2n) is 7.91. The Hall–Kier alpha value is -2.69. The van der Waals surface area contributed by atoms with Gasteiger partial charge in [0.2, 0.25) is 11.8 Å². The Balaban J connectivity index is 1.24. The Morgan fingerprint density at radius 2 is 1.75 bits per heavy atom. The number of nitrogens with one attached hydrogen (secondary N) is 1. The largest absolute Gasteiger partial charge is 0.342 e. The third-order valence-corrected chi connectivity index (χ3v) is 5.83. The highest BCUT2D eigenvalue weighted by atomic mass is 19.1. The van der Waals surface area contributed by atoms with E-state index in [-0.39, 0.29) is 29.5 Å². The quantitative estimate of drug-likeness (QED) is 0.856. The molecular weight excluding hydrogens is 355 g/mol. The molecule has 146 valence electrons. The van der Waals surface area contributed by atoms with Gasteiger partial charge in [0.05, 0.1) is 11.8 Å². The third kappa shape index (κ3) is 4.41. The van der Waals surface area contributed by atoms with E-state index in [0.717, 1.165) is 32.4 Å². The van der Waals surface area contributed by atoms with Gasteiger partial charge in [-0.15, -0.1) is 0 Å². The number of amides is 2. The maximum atomic E-state index is 13.2. The van der Waals surface area contributed by atoms with Gasteiger partial charge in [-0.1, -0.05) is 36.4 Å². The van der Waals surface area contributed by atoms with Crippen molar-refractivity contribution in [2.75, 3.05) is 18.4 Å². The average Bonchev–Trinajstić information content (AvgIpc) is 3.50. The fraction of sp³-hybridized carbons (Fsp3) is 0.391. The number of hydrogen-bond donors (Lipinski definition) is 1. The monoisotopic (exact) mass is 380 g/mol. The standard InChI is InChI=1S/C23H25FN2O2/c24-18-7-4-8-19(14-18)25-22(27)20-15-21(20)23(28)26-11-9-17(10-12-26)13-16-5-2-1-3-6-16/h1-8,14,17,20-21H,9-13,15H2,(H,25,27). The predicted octanol–water partition coefficient (Wildman–Crippen LogP) is 3.88. The van der Waals surface area contributed by atoms with Crippen molar-refractivity contribution < 1.29 is 14.0 Å². The second-order valence-corrected chi connectivity index (χ2v) is 7.91. The molecule has 2 aromatic rings. The molecule has 1 saturated carbocycles. The topological polar surface area (TPSA) is 49.4 Å². The number of anilines is 1. The van der Waals surface area contributed by atoms with Crippen LogP contribution < -0.4 is 5.32 Å². The normalized spacial score (nSPS) is 22.0. The van der Waals surface area contributed by atoms with Crippen LogP contribution in [0.1, 0.15) is 24.8 Å². The minimum Gasteiger partial charge on any atom is -0.342 e. The van der Waals surface area contributed by atoms with Gasteiger partial charge >= 0.3 is 0 Å². The van der Waals surface area contributed by atoms with Crippen LogP contribution >= 0.6 is 0 Å². The van der Waals surface area contributed by atoms with Crippen LogP contribution in [0.3, 0.4) is 0 Å². The Kier molecular flexibility index (Phi) is 5.42. The van der Waals surface area contributed by atoms with Gasteiger partial charge in [-0.05, 0) is 55.4 Å². The molecule has 2 aliphatic rings. The van der Waals surface area contributed by atoms with Crippen molar-refractivity contribution in [3.05, 3.63) is 66.0 Å². The number of piperidine rings is 1. The number of nitrogens with zero attached hydrogens (tertiary/aromatic N) is 1. The summed E-state index contributed by atoms with van der Waals surface area (Å²) in [7, 11) is 0. The van der Waals surface area contributed by atoms with Crippen LogP contribution in [0.2, 0.25) is 0 Å². The molecule has 0 radical (unpaired) electrons. The van der Waals surface area contributed by atoms with E-state index >= 15 is 0 Å². The lowest BCUT2D eigenvalue weighted by Gasteiger charge is -2.32. The Bertz CT molecular complexity index is 847. The van der Waals surface area contributed by atoms with Gasteiger partial charge in [0, 0.05) is 18.8 Å². The van der Waals surface area contributed by atoms with E-state index in [9.17, 15) is 14.0 Å². The molecule has 1 saturated heterocycles. The zero-order valence-electron chi connectivity index (χ0n) is 15.8. The molecular formula is C23H25FN2O2. The van der Waals surface area contributed by atoms with Gasteiger partial charge < -0.3 is 10.2 Å². The molecule has 1 aliphatic carbocycles. The van der Waals surface area contributed by atoms with Crippen LogP contribution in [-0.2, 0) is 16.0 Å². The molecule has 2 amide bonds. The van der Waals surface area contributed by atoms with Gasteiger partial charge in [0.1, 0.15) is 5.82 Å². The molecule has 1 aliphatic heterocycles. The molecule has 0 bridgehead atoms. The van der Waals surface area contributed by atoms with E-state index in [2.05, 4.69) is 29.6 Å². The molecule has 0 aromatic heterocycles. The van der Waals surface area contributed by atoms with E-state index in [4.69, 9.17) is 0 Å². The number of benzene rings is 2. The van der Waals surface area contributed by atoms with E-state index in [1.54, 1.807) is 12.1 Å². The first-order valence-corrected chi connectivity index (χ1v) is 9.99. The number of carbonyl (C=O) groups is 2. The number of rotatable bonds is 5. The van der Waals surface area contributed by atoms with Gasteiger partial charge in [-0.3, -0.25) is 9.59 Å². The smallest absolute Gasteiger partial charge is 0.228 e. The fourth-order valence-corrected chi connectivity index (χ4v) is 4.10. The first kappa shape index (κ1) is 18.7. The predicted molar refractivity (Wildman–Crippen MR) is 106 cm³/mol. The van der Waals surface area contributed by atoms with Crippen LogP contribution in [-0.4, -0.2) is 29.8 Å². The summed E-state index contributed by atoms with van der Waals surface area (Å²) in [5, 5.41) is 2.72. The summed E-state index contributed by atoms with van der Waals surface area (Å²) in [4.78, 5) is 27.0. The first-order chi connectivity index (χ1) is 13.6. The molecule has 1 heterocycles. The Labute approximate surface area is 164 Å². The maximum Gasteiger partial charge on any atom is 0.228 e. The Morgan fingerprint density at radius 1 is 1.00 bits per heavy atom. The molecule has 4 rings (SSSR count). The van der Waals surface area contributed by atoms with Gasteiger partial charge in [-0.25, -0.2) is 4.39 Å². The fourth-order valence-electron chi connectivity index (χ4n) is 4.10. The van der Waals surface area contributed by atoms with Crippen LogP contribution in [0.5, 0.6) is 0 Å². The van der Waals surface area contributed by atoms with Gasteiger partial charge in [-0.2, -0.15) is 0 Å². The van der Waals surface area contributed by atoms with Crippen molar-refractivity contribution in [1.29, 1.82) is 0 Å². The summed E-state index contributed by atoms with van der Waals surface area (Å²) in [6, 6.07) is 16.3. The second kappa shape index (κ2) is 8.13. The molecule has 5 heteroatoms. The molecule has 2 atom stereocenters. The summed E-state index contributed by atoms with van der Waals surface area (Å²) in [6.45, 7) is 1.54. The van der Waals surface area contributed by atoms with Crippen molar-refractivity contribution >= 4 is 17.5 Å².